The molecule has 0 bridgehead atoms. The van der Waals surface area contributed by atoms with Crippen LogP contribution in [0.1, 0.15) is 50.0 Å². The highest BCUT2D eigenvalue weighted by molar-refractivity contribution is 5.18. The minimum absolute atomic E-state index is 0.0757. The van der Waals surface area contributed by atoms with E-state index < -0.39 is 0 Å². The van der Waals surface area contributed by atoms with Crippen molar-refractivity contribution in [2.24, 2.45) is 7.05 Å². The molecule has 2 fully saturated rings. The Labute approximate surface area is 156 Å². The maximum absolute atomic E-state index is 10.1. The molecule has 0 radical (unpaired) electrons. The Kier molecular flexibility index (Phi) is 6.35. The van der Waals surface area contributed by atoms with Crippen molar-refractivity contribution in [1.82, 2.24) is 20.0 Å². The molecule has 0 aliphatic carbocycles. The lowest BCUT2D eigenvalue weighted by Gasteiger charge is -2.47. The highest BCUT2D eigenvalue weighted by Crippen LogP contribution is 2.28. The maximum Gasteiger partial charge on any atom is 0.0802 e. The van der Waals surface area contributed by atoms with Crippen molar-refractivity contribution >= 4 is 0 Å². The zero-order chi connectivity index (χ0) is 18.7. The number of rotatable bonds is 6. The first-order valence-corrected chi connectivity index (χ1v) is 9.73. The third-order valence-corrected chi connectivity index (χ3v) is 6.19. The second-order valence-corrected chi connectivity index (χ2v) is 7.96. The van der Waals surface area contributed by atoms with E-state index >= 15 is 0 Å². The summed E-state index contributed by atoms with van der Waals surface area (Å²) in [6.45, 7) is 7.95. The van der Waals surface area contributed by atoms with Gasteiger partial charge in [0, 0.05) is 44.8 Å². The minimum Gasteiger partial charge on any atom is -0.394 e. The van der Waals surface area contributed by atoms with Crippen molar-refractivity contribution in [1.29, 1.82) is 0 Å². The van der Waals surface area contributed by atoms with Crippen LogP contribution < -0.4 is 5.32 Å². The second-order valence-electron chi connectivity index (χ2n) is 7.96. The van der Waals surface area contributed by atoms with E-state index in [1.54, 1.807) is 0 Å². The van der Waals surface area contributed by atoms with Crippen LogP contribution in [0, 0.1) is 0 Å². The fourth-order valence-electron chi connectivity index (χ4n) is 4.04. The monoisotopic (exact) mass is 366 g/mol. The van der Waals surface area contributed by atoms with Crippen molar-refractivity contribution in [3.05, 3.63) is 17.5 Å². The van der Waals surface area contributed by atoms with E-state index in [0.717, 1.165) is 26.1 Å². The molecule has 2 saturated heterocycles. The van der Waals surface area contributed by atoms with E-state index in [-0.39, 0.29) is 18.2 Å². The van der Waals surface area contributed by atoms with Gasteiger partial charge in [-0.1, -0.05) is 0 Å². The lowest BCUT2D eigenvalue weighted by molar-refractivity contribution is -0.106. The highest BCUT2D eigenvalue weighted by Gasteiger charge is 2.40. The lowest BCUT2D eigenvalue weighted by Crippen LogP contribution is -2.65. The number of aliphatic hydroxyl groups excluding tert-OH is 1. The van der Waals surface area contributed by atoms with Crippen LogP contribution in [0.5, 0.6) is 0 Å². The van der Waals surface area contributed by atoms with Gasteiger partial charge < -0.3 is 19.9 Å². The Morgan fingerprint density at radius 1 is 1.35 bits per heavy atom. The average molecular weight is 367 g/mol. The number of likely N-dealkylation sites (N-methyl/N-ethyl adjacent to an activating group) is 1. The van der Waals surface area contributed by atoms with Gasteiger partial charge in [0.2, 0.25) is 0 Å². The maximum atomic E-state index is 10.1. The second kappa shape index (κ2) is 8.35. The molecule has 7 heteroatoms. The molecule has 0 amide bonds. The predicted molar refractivity (Wildman–Crippen MR) is 100 cm³/mol. The number of aromatic nitrogens is 2. The summed E-state index contributed by atoms with van der Waals surface area (Å²) in [6, 6.07) is 2.67. The number of nitrogens with one attached hydrogen (secondary N) is 1. The van der Waals surface area contributed by atoms with Crippen molar-refractivity contribution in [2.45, 2.75) is 50.2 Å². The van der Waals surface area contributed by atoms with Gasteiger partial charge in [-0.05, 0) is 39.8 Å². The molecule has 26 heavy (non-hydrogen) atoms. The Morgan fingerprint density at radius 2 is 2.08 bits per heavy atom. The van der Waals surface area contributed by atoms with Crippen LogP contribution in [-0.2, 0) is 16.5 Å². The van der Waals surface area contributed by atoms with E-state index in [1.807, 2.05) is 11.7 Å². The largest absolute Gasteiger partial charge is 0.394 e. The standard InChI is InChI=1S/C19H34N4O3/c1-14-10-26-13-19(12-24,22(14)3)11-20-15(2)18-9-17(21-23(18)4)16-5-7-25-8-6-16/h9,14-16,20,24H,5-8,10-13H2,1-4H3/t14-,15?,19+/m1/s1. The van der Waals surface area contributed by atoms with E-state index in [1.165, 1.54) is 11.4 Å². The SMILES string of the molecule is CC(NC[C@]1(CO)COC[C@@H](C)N1C)c1cc(C2CCOCC2)nn1C. The predicted octanol–water partition coefficient (Wildman–Crippen LogP) is 1.05. The number of nitrogens with zero attached hydrogens (tertiary/aromatic N) is 3. The van der Waals surface area contributed by atoms with Crippen LogP contribution >= 0.6 is 0 Å². The van der Waals surface area contributed by atoms with Gasteiger partial charge in [0.1, 0.15) is 0 Å². The van der Waals surface area contributed by atoms with Crippen LogP contribution in [0.25, 0.3) is 0 Å². The molecule has 1 unspecified atom stereocenters. The molecule has 0 aromatic carbocycles. The summed E-state index contributed by atoms with van der Waals surface area (Å²) in [5, 5.41) is 18.4. The summed E-state index contributed by atoms with van der Waals surface area (Å²) in [7, 11) is 4.08. The van der Waals surface area contributed by atoms with Crippen molar-refractivity contribution in [3.63, 3.8) is 0 Å². The molecule has 2 N–H and O–H groups in total. The van der Waals surface area contributed by atoms with E-state index in [0.29, 0.717) is 31.7 Å². The van der Waals surface area contributed by atoms with Crippen LogP contribution in [-0.4, -0.2) is 78.0 Å². The van der Waals surface area contributed by atoms with Gasteiger partial charge in [0.25, 0.3) is 0 Å². The molecule has 2 aliphatic rings. The summed E-state index contributed by atoms with van der Waals surface area (Å²) in [6.07, 6.45) is 2.10. The highest BCUT2D eigenvalue weighted by atomic mass is 16.5. The number of aliphatic hydroxyl groups is 1. The molecule has 3 rings (SSSR count). The molecular weight excluding hydrogens is 332 g/mol. The Hall–Kier alpha value is -0.990. The summed E-state index contributed by atoms with van der Waals surface area (Å²) in [5.74, 6) is 0.499. The fourth-order valence-corrected chi connectivity index (χ4v) is 4.04. The zero-order valence-electron chi connectivity index (χ0n) is 16.6. The topological polar surface area (TPSA) is 71.8 Å². The molecule has 1 aromatic rings. The summed E-state index contributed by atoms with van der Waals surface area (Å²) >= 11 is 0. The van der Waals surface area contributed by atoms with Crippen LogP contribution in [0.3, 0.4) is 0 Å². The molecule has 0 saturated carbocycles. The van der Waals surface area contributed by atoms with Gasteiger partial charge in [0.05, 0.1) is 36.7 Å². The van der Waals surface area contributed by atoms with E-state index in [4.69, 9.17) is 14.6 Å². The first-order chi connectivity index (χ1) is 12.5. The van der Waals surface area contributed by atoms with Crippen molar-refractivity contribution < 1.29 is 14.6 Å². The van der Waals surface area contributed by atoms with Gasteiger partial charge in [-0.15, -0.1) is 0 Å². The smallest absolute Gasteiger partial charge is 0.0802 e. The van der Waals surface area contributed by atoms with E-state index in [2.05, 4.69) is 37.2 Å². The van der Waals surface area contributed by atoms with Gasteiger partial charge in [0.15, 0.2) is 0 Å². The van der Waals surface area contributed by atoms with Crippen molar-refractivity contribution in [2.75, 3.05) is 46.6 Å². The molecule has 7 nitrogen and oxygen atoms in total. The molecule has 148 valence electrons. The quantitative estimate of drug-likeness (QED) is 0.784. The van der Waals surface area contributed by atoms with Crippen LogP contribution in [0.15, 0.2) is 6.07 Å². The Balaban J connectivity index is 1.66. The Morgan fingerprint density at radius 3 is 2.77 bits per heavy atom. The number of aryl methyl sites for hydroxylation is 1. The molecule has 3 heterocycles. The lowest BCUT2D eigenvalue weighted by atomic mass is 9.95. The zero-order valence-corrected chi connectivity index (χ0v) is 16.6. The van der Waals surface area contributed by atoms with Gasteiger partial charge in [-0.3, -0.25) is 9.58 Å². The third-order valence-electron chi connectivity index (χ3n) is 6.19. The average Bonchev–Trinajstić information content (AvgIpc) is 3.05. The normalized spacial score (nSPS) is 29.8. The summed E-state index contributed by atoms with van der Waals surface area (Å²) in [4.78, 5) is 2.24. The number of hydrogen-bond donors (Lipinski definition) is 2. The molecule has 3 atom stereocenters. The first kappa shape index (κ1) is 19.8. The van der Waals surface area contributed by atoms with Gasteiger partial charge in [-0.2, -0.15) is 5.10 Å². The van der Waals surface area contributed by atoms with Gasteiger partial charge in [-0.25, -0.2) is 0 Å². The summed E-state index contributed by atoms with van der Waals surface area (Å²) in [5.41, 5.74) is 1.96. The molecular formula is C19H34N4O3. The first-order valence-electron chi connectivity index (χ1n) is 9.73. The third kappa shape index (κ3) is 3.97. The van der Waals surface area contributed by atoms with Crippen LogP contribution in [0.2, 0.25) is 0 Å². The summed E-state index contributed by atoms with van der Waals surface area (Å²) < 4.78 is 13.2. The molecule has 1 aromatic heterocycles. The Bertz CT molecular complexity index is 587. The number of ether oxygens (including phenoxy) is 2. The number of hydrogen-bond acceptors (Lipinski definition) is 6. The molecule has 2 aliphatic heterocycles. The van der Waals surface area contributed by atoms with Crippen LogP contribution in [0.4, 0.5) is 0 Å². The van der Waals surface area contributed by atoms with Crippen molar-refractivity contribution in [3.8, 4) is 0 Å². The van der Waals surface area contributed by atoms with Gasteiger partial charge >= 0.3 is 0 Å². The fraction of sp³-hybridized carbons (Fsp3) is 0.842. The molecule has 0 spiro atoms. The number of morpholine rings is 1. The van der Waals surface area contributed by atoms with E-state index in [9.17, 15) is 5.11 Å². The minimum atomic E-state index is -0.381.